The van der Waals surface area contributed by atoms with E-state index in [-0.39, 0.29) is 17.9 Å². The number of carbonyl (C=O) groups is 2. The molecule has 0 spiro atoms. The van der Waals surface area contributed by atoms with Crippen LogP contribution in [0, 0.1) is 0 Å². The Kier molecular flexibility index (Phi) is 6.13. The summed E-state index contributed by atoms with van der Waals surface area (Å²) in [5.74, 6) is -0.180. The van der Waals surface area contributed by atoms with Crippen molar-refractivity contribution in [1.82, 2.24) is 14.8 Å². The summed E-state index contributed by atoms with van der Waals surface area (Å²) in [5.41, 5.74) is 2.38. The summed E-state index contributed by atoms with van der Waals surface area (Å²) >= 11 is 1.63. The van der Waals surface area contributed by atoms with Gasteiger partial charge in [0.1, 0.15) is 5.69 Å². The Morgan fingerprint density at radius 3 is 2.36 bits per heavy atom. The van der Waals surface area contributed by atoms with Crippen LogP contribution in [0.1, 0.15) is 60.1 Å². The van der Waals surface area contributed by atoms with Crippen LogP contribution in [0.3, 0.4) is 0 Å². The molecule has 6 heteroatoms. The highest BCUT2D eigenvalue weighted by atomic mass is 32.1. The maximum absolute atomic E-state index is 14.5. The molecule has 1 atom stereocenters. The molecule has 2 amide bonds. The number of hydrogen-bond donors (Lipinski definition) is 1. The van der Waals surface area contributed by atoms with Crippen molar-refractivity contribution in [3.8, 4) is 0 Å². The molecule has 5 nitrogen and oxygen atoms in total. The van der Waals surface area contributed by atoms with Gasteiger partial charge in [-0.1, -0.05) is 86.3 Å². The lowest BCUT2D eigenvalue weighted by atomic mass is 9.83. The predicted molar refractivity (Wildman–Crippen MR) is 144 cm³/mol. The average molecular weight is 498 g/mol. The van der Waals surface area contributed by atoms with Crippen molar-refractivity contribution in [3.63, 3.8) is 0 Å². The summed E-state index contributed by atoms with van der Waals surface area (Å²) in [6.45, 7) is 0.759. The number of fused-ring (bicyclic) bond motifs is 3. The van der Waals surface area contributed by atoms with Crippen LogP contribution in [-0.2, 0) is 23.4 Å². The number of hydrogen-bond acceptors (Lipinski definition) is 3. The highest BCUT2D eigenvalue weighted by molar-refractivity contribution is 7.17. The number of benzene rings is 2. The van der Waals surface area contributed by atoms with E-state index >= 15 is 0 Å². The van der Waals surface area contributed by atoms with Crippen molar-refractivity contribution < 1.29 is 9.59 Å². The van der Waals surface area contributed by atoms with Crippen molar-refractivity contribution in [1.29, 1.82) is 0 Å². The van der Waals surface area contributed by atoms with Gasteiger partial charge < -0.3 is 14.8 Å². The number of carbonyl (C=O) groups excluding carboxylic acids is 2. The van der Waals surface area contributed by atoms with Crippen LogP contribution in [0.4, 0.5) is 0 Å². The van der Waals surface area contributed by atoms with Gasteiger partial charge in [-0.15, -0.1) is 11.3 Å². The summed E-state index contributed by atoms with van der Waals surface area (Å²) < 4.78 is 3.14. The molecule has 2 aromatic carbocycles. The van der Waals surface area contributed by atoms with Crippen LogP contribution >= 0.6 is 11.3 Å². The monoisotopic (exact) mass is 497 g/mol. The third-order valence-corrected chi connectivity index (χ3v) is 8.69. The minimum absolute atomic E-state index is 0.0763. The molecule has 36 heavy (non-hydrogen) atoms. The van der Waals surface area contributed by atoms with Crippen LogP contribution < -0.4 is 5.32 Å². The molecule has 3 heterocycles. The topological polar surface area (TPSA) is 54.3 Å². The third kappa shape index (κ3) is 3.94. The van der Waals surface area contributed by atoms with Gasteiger partial charge in [0.2, 0.25) is 0 Å². The Bertz CT molecular complexity index is 1370. The SMILES string of the molecule is O=C1c2cc3sccc3n2C[C@](C(=O)NC2CCCCCC2)(c2ccccc2)N1Cc1ccccc1. The molecule has 0 saturated heterocycles. The molecule has 0 radical (unpaired) electrons. The summed E-state index contributed by atoms with van der Waals surface area (Å²) in [4.78, 5) is 30.6. The largest absolute Gasteiger partial charge is 0.351 e. The van der Waals surface area contributed by atoms with Crippen molar-refractivity contribution in [2.24, 2.45) is 0 Å². The van der Waals surface area contributed by atoms with Gasteiger partial charge in [0, 0.05) is 12.6 Å². The van der Waals surface area contributed by atoms with E-state index in [0.717, 1.165) is 47.0 Å². The lowest BCUT2D eigenvalue weighted by Crippen LogP contribution is -2.63. The first-order chi connectivity index (χ1) is 17.7. The first-order valence-corrected chi connectivity index (χ1v) is 13.8. The zero-order valence-electron chi connectivity index (χ0n) is 20.4. The summed E-state index contributed by atoms with van der Waals surface area (Å²) in [6.07, 6.45) is 6.69. The Morgan fingerprint density at radius 2 is 1.64 bits per heavy atom. The van der Waals surface area contributed by atoms with Gasteiger partial charge >= 0.3 is 0 Å². The van der Waals surface area contributed by atoms with Crippen LogP contribution in [0.15, 0.2) is 78.2 Å². The first-order valence-electron chi connectivity index (χ1n) is 13.0. The van der Waals surface area contributed by atoms with E-state index in [9.17, 15) is 9.59 Å². The third-order valence-electron chi connectivity index (χ3n) is 7.84. The minimum Gasteiger partial charge on any atom is -0.351 e. The second-order valence-electron chi connectivity index (χ2n) is 10.1. The molecule has 1 aliphatic carbocycles. The second-order valence-corrected chi connectivity index (χ2v) is 11.0. The molecule has 1 saturated carbocycles. The quantitative estimate of drug-likeness (QED) is 0.339. The maximum Gasteiger partial charge on any atom is 0.272 e. The number of thiophene rings is 1. The van der Waals surface area contributed by atoms with Gasteiger partial charge in [0.05, 0.1) is 16.8 Å². The Labute approximate surface area is 215 Å². The molecule has 6 rings (SSSR count). The highest BCUT2D eigenvalue weighted by Crippen LogP contribution is 2.41. The van der Waals surface area contributed by atoms with Gasteiger partial charge in [0.15, 0.2) is 5.54 Å². The molecule has 1 fully saturated rings. The molecule has 4 aromatic rings. The van der Waals surface area contributed by atoms with E-state index in [1.165, 1.54) is 12.8 Å². The Balaban J connectivity index is 1.51. The predicted octanol–water partition coefficient (Wildman–Crippen LogP) is 6.09. The molecule has 1 aliphatic heterocycles. The summed E-state index contributed by atoms with van der Waals surface area (Å²) in [7, 11) is 0. The van der Waals surface area contributed by atoms with Gasteiger partial charge in [-0.05, 0) is 41.5 Å². The molecule has 2 aromatic heterocycles. The summed E-state index contributed by atoms with van der Waals surface area (Å²) in [6, 6.07) is 24.1. The van der Waals surface area contributed by atoms with E-state index in [1.807, 2.05) is 71.6 Å². The number of nitrogens with one attached hydrogen (secondary N) is 1. The zero-order valence-corrected chi connectivity index (χ0v) is 21.2. The van der Waals surface area contributed by atoms with Gasteiger partial charge in [0.25, 0.3) is 11.8 Å². The Hall–Kier alpha value is -3.38. The molecular formula is C30H31N3O2S. The average Bonchev–Trinajstić information content (AvgIpc) is 3.41. The summed E-state index contributed by atoms with van der Waals surface area (Å²) in [5, 5.41) is 5.48. The van der Waals surface area contributed by atoms with Gasteiger partial charge in [-0.3, -0.25) is 9.59 Å². The van der Waals surface area contributed by atoms with Crippen molar-refractivity contribution >= 4 is 33.4 Å². The minimum atomic E-state index is -1.15. The van der Waals surface area contributed by atoms with Gasteiger partial charge in [-0.25, -0.2) is 0 Å². The fourth-order valence-electron chi connectivity index (χ4n) is 5.94. The van der Waals surface area contributed by atoms with Crippen LogP contribution in [0.2, 0.25) is 0 Å². The van der Waals surface area contributed by atoms with Crippen molar-refractivity contribution in [2.45, 2.75) is 63.2 Å². The molecule has 0 unspecified atom stereocenters. The molecule has 184 valence electrons. The number of nitrogens with zero attached hydrogens (tertiary/aromatic N) is 2. The van der Waals surface area contributed by atoms with Crippen molar-refractivity contribution in [3.05, 3.63) is 95.0 Å². The van der Waals surface area contributed by atoms with E-state index in [0.29, 0.717) is 18.8 Å². The van der Waals surface area contributed by atoms with Crippen LogP contribution in [0.25, 0.3) is 10.2 Å². The number of aromatic nitrogens is 1. The lowest BCUT2D eigenvalue weighted by molar-refractivity contribution is -0.136. The molecule has 0 bridgehead atoms. The van der Waals surface area contributed by atoms with E-state index in [4.69, 9.17) is 0 Å². The zero-order chi connectivity index (χ0) is 24.5. The number of rotatable bonds is 5. The van der Waals surface area contributed by atoms with Gasteiger partial charge in [-0.2, -0.15) is 0 Å². The smallest absolute Gasteiger partial charge is 0.272 e. The molecular weight excluding hydrogens is 466 g/mol. The normalized spacial score (nSPS) is 20.8. The standard InChI is InChI=1S/C30H31N3O2S/c34-28-26-19-27-25(17-18-36-27)32(26)21-30(23-13-7-4-8-14-23,33(28)20-22-11-5-3-6-12-22)29(35)31-24-15-9-1-2-10-16-24/h3-8,11-14,17-19,24H,1-2,9-10,15-16,20-21H2,(H,31,35)/t30-/m1/s1. The van der Waals surface area contributed by atoms with Crippen molar-refractivity contribution in [2.75, 3.05) is 0 Å². The molecule has 1 N–H and O–H groups in total. The Morgan fingerprint density at radius 1 is 0.944 bits per heavy atom. The van der Waals surface area contributed by atoms with E-state index in [1.54, 1.807) is 11.3 Å². The highest BCUT2D eigenvalue weighted by Gasteiger charge is 2.52. The van der Waals surface area contributed by atoms with E-state index in [2.05, 4.69) is 21.3 Å². The van der Waals surface area contributed by atoms with Crippen LogP contribution in [-0.4, -0.2) is 27.3 Å². The fourth-order valence-corrected chi connectivity index (χ4v) is 6.76. The van der Waals surface area contributed by atoms with Crippen LogP contribution in [0.5, 0.6) is 0 Å². The fraction of sp³-hybridized carbons (Fsp3) is 0.333. The molecule has 2 aliphatic rings. The lowest BCUT2D eigenvalue weighted by Gasteiger charge is -2.47. The number of amides is 2. The van der Waals surface area contributed by atoms with E-state index < -0.39 is 5.54 Å². The second kappa shape index (κ2) is 9.58. The first kappa shape index (κ1) is 23.0. The maximum atomic E-state index is 14.5.